The van der Waals surface area contributed by atoms with Crippen LogP contribution in [0.25, 0.3) is 0 Å². The van der Waals surface area contributed by atoms with E-state index >= 15 is 0 Å². The van der Waals surface area contributed by atoms with Gasteiger partial charge in [0, 0.05) is 0 Å². The average Bonchev–Trinajstić information content (AvgIpc) is 2.26. The summed E-state index contributed by atoms with van der Waals surface area (Å²) in [5.41, 5.74) is 0. The number of halogens is 2. The molecule has 0 aliphatic carbocycles. The second-order valence-electron chi connectivity index (χ2n) is 2.89. The van der Waals surface area contributed by atoms with E-state index in [0.717, 1.165) is 5.75 Å². The van der Waals surface area contributed by atoms with Crippen LogP contribution >= 0.6 is 23.2 Å². The predicted octanol–water partition coefficient (Wildman–Crippen LogP) is 2.24. The molecule has 1 N–H and O–H groups in total. The lowest BCUT2D eigenvalue weighted by Gasteiger charge is -2.12. The maximum atomic E-state index is 9.27. The van der Waals surface area contributed by atoms with Crippen molar-refractivity contribution in [1.29, 1.82) is 0 Å². The molecule has 0 aromatic heterocycles. The normalized spacial score (nSPS) is 12.6. The van der Waals surface area contributed by atoms with E-state index in [4.69, 9.17) is 32.7 Å². The highest BCUT2D eigenvalue weighted by atomic mass is 35.5. The van der Waals surface area contributed by atoms with Crippen LogP contribution in [-0.2, 0) is 0 Å². The quantitative estimate of drug-likeness (QED) is 0.815. The standard InChI is InChI=1S/C10H12Cl2O3/c1-14-7-2-4-8(5-3-7)15-6-9(13)10(11)12/h2-5,9-10,13H,6H2,1H3. The predicted molar refractivity (Wildman–Crippen MR) is 60.0 cm³/mol. The summed E-state index contributed by atoms with van der Waals surface area (Å²) in [6, 6.07) is 7.01. The largest absolute Gasteiger partial charge is 0.497 e. The molecule has 0 saturated heterocycles. The zero-order valence-electron chi connectivity index (χ0n) is 8.19. The molecule has 1 aromatic carbocycles. The minimum Gasteiger partial charge on any atom is -0.497 e. The number of hydrogen-bond acceptors (Lipinski definition) is 3. The lowest BCUT2D eigenvalue weighted by atomic mass is 10.3. The first-order valence-electron chi connectivity index (χ1n) is 4.36. The van der Waals surface area contributed by atoms with Crippen LogP contribution < -0.4 is 9.47 Å². The SMILES string of the molecule is COc1ccc(OCC(O)C(Cl)Cl)cc1. The van der Waals surface area contributed by atoms with E-state index in [9.17, 15) is 5.11 Å². The number of methoxy groups -OCH3 is 1. The van der Waals surface area contributed by atoms with E-state index in [1.807, 2.05) is 0 Å². The van der Waals surface area contributed by atoms with Gasteiger partial charge in [-0.05, 0) is 24.3 Å². The molecule has 15 heavy (non-hydrogen) atoms. The summed E-state index contributed by atoms with van der Waals surface area (Å²) < 4.78 is 10.2. The molecule has 1 aromatic rings. The van der Waals surface area contributed by atoms with Crippen molar-refractivity contribution < 1.29 is 14.6 Å². The van der Waals surface area contributed by atoms with E-state index < -0.39 is 10.9 Å². The summed E-state index contributed by atoms with van der Waals surface area (Å²) in [7, 11) is 1.59. The van der Waals surface area contributed by atoms with Crippen molar-refractivity contribution in [3.63, 3.8) is 0 Å². The Balaban J connectivity index is 2.44. The topological polar surface area (TPSA) is 38.7 Å². The first-order chi connectivity index (χ1) is 7.13. The van der Waals surface area contributed by atoms with Crippen LogP contribution in [0.15, 0.2) is 24.3 Å². The fourth-order valence-corrected chi connectivity index (χ4v) is 1.07. The van der Waals surface area contributed by atoms with E-state index in [2.05, 4.69) is 0 Å². The number of hydrogen-bond donors (Lipinski definition) is 1. The summed E-state index contributed by atoms with van der Waals surface area (Å²) in [6.45, 7) is 0.0595. The van der Waals surface area contributed by atoms with Gasteiger partial charge in [-0.2, -0.15) is 0 Å². The van der Waals surface area contributed by atoms with Gasteiger partial charge in [0.2, 0.25) is 0 Å². The molecule has 0 spiro atoms. The van der Waals surface area contributed by atoms with Crippen LogP contribution in [0, 0.1) is 0 Å². The van der Waals surface area contributed by atoms with E-state index in [0.29, 0.717) is 5.75 Å². The molecule has 0 aliphatic heterocycles. The Bertz CT molecular complexity index is 287. The van der Waals surface area contributed by atoms with Gasteiger partial charge in [-0.3, -0.25) is 0 Å². The first kappa shape index (κ1) is 12.4. The molecule has 1 atom stereocenters. The van der Waals surface area contributed by atoms with Crippen molar-refractivity contribution in [2.45, 2.75) is 10.9 Å². The fourth-order valence-electron chi connectivity index (χ4n) is 0.926. The lowest BCUT2D eigenvalue weighted by Crippen LogP contribution is -2.24. The molecule has 1 rings (SSSR count). The first-order valence-corrected chi connectivity index (χ1v) is 5.24. The second-order valence-corrected chi connectivity index (χ2v) is 4.05. The number of alkyl halides is 2. The third-order valence-corrected chi connectivity index (χ3v) is 2.35. The average molecular weight is 251 g/mol. The van der Waals surface area contributed by atoms with E-state index in [-0.39, 0.29) is 6.61 Å². The highest BCUT2D eigenvalue weighted by Crippen LogP contribution is 2.18. The molecule has 0 radical (unpaired) electrons. The van der Waals surface area contributed by atoms with Crippen LogP contribution in [-0.4, -0.2) is 29.8 Å². The third kappa shape index (κ3) is 4.16. The van der Waals surface area contributed by atoms with Gasteiger partial charge in [0.25, 0.3) is 0 Å². The Morgan fingerprint density at radius 2 is 1.73 bits per heavy atom. The van der Waals surface area contributed by atoms with Gasteiger partial charge in [-0.1, -0.05) is 0 Å². The van der Waals surface area contributed by atoms with Crippen molar-refractivity contribution in [1.82, 2.24) is 0 Å². The molecule has 0 aliphatic rings. The molecule has 0 amide bonds. The molecule has 1 unspecified atom stereocenters. The summed E-state index contributed by atoms with van der Waals surface area (Å²) in [5, 5.41) is 9.27. The van der Waals surface area contributed by atoms with Crippen molar-refractivity contribution in [3.05, 3.63) is 24.3 Å². The molecule has 0 bridgehead atoms. The Morgan fingerprint density at radius 3 is 2.20 bits per heavy atom. The van der Waals surface area contributed by atoms with Gasteiger partial charge in [0.1, 0.15) is 29.0 Å². The maximum absolute atomic E-state index is 9.27. The summed E-state index contributed by atoms with van der Waals surface area (Å²) in [4.78, 5) is -0.844. The molecule has 84 valence electrons. The Kier molecular flexibility index (Phi) is 5.02. The van der Waals surface area contributed by atoms with Crippen LogP contribution in [0.3, 0.4) is 0 Å². The minimum atomic E-state index is -0.893. The monoisotopic (exact) mass is 250 g/mol. The maximum Gasteiger partial charge on any atom is 0.136 e. The number of rotatable bonds is 5. The number of ether oxygens (including phenoxy) is 2. The van der Waals surface area contributed by atoms with E-state index in [1.54, 1.807) is 31.4 Å². The molecule has 0 heterocycles. The van der Waals surface area contributed by atoms with Crippen molar-refractivity contribution in [2.75, 3.05) is 13.7 Å². The third-order valence-electron chi connectivity index (χ3n) is 1.77. The summed E-state index contributed by atoms with van der Waals surface area (Å²) in [5.74, 6) is 1.37. The fraction of sp³-hybridized carbons (Fsp3) is 0.400. The molecular weight excluding hydrogens is 239 g/mol. The van der Waals surface area contributed by atoms with Crippen LogP contribution in [0.1, 0.15) is 0 Å². The van der Waals surface area contributed by atoms with Gasteiger partial charge >= 0.3 is 0 Å². The number of aliphatic hydroxyl groups excluding tert-OH is 1. The lowest BCUT2D eigenvalue weighted by molar-refractivity contribution is 0.118. The van der Waals surface area contributed by atoms with Crippen LogP contribution in [0.4, 0.5) is 0 Å². The van der Waals surface area contributed by atoms with Crippen LogP contribution in [0.5, 0.6) is 11.5 Å². The van der Waals surface area contributed by atoms with Crippen molar-refractivity contribution in [2.24, 2.45) is 0 Å². The zero-order chi connectivity index (χ0) is 11.3. The molecule has 0 saturated carbocycles. The highest BCUT2D eigenvalue weighted by molar-refractivity contribution is 6.44. The van der Waals surface area contributed by atoms with Gasteiger partial charge in [0.05, 0.1) is 7.11 Å². The number of benzene rings is 1. The molecule has 5 heteroatoms. The highest BCUT2D eigenvalue weighted by Gasteiger charge is 2.13. The Labute approximate surface area is 98.5 Å². The van der Waals surface area contributed by atoms with Gasteiger partial charge in [-0.25, -0.2) is 0 Å². The van der Waals surface area contributed by atoms with Crippen LogP contribution in [0.2, 0.25) is 0 Å². The van der Waals surface area contributed by atoms with Gasteiger partial charge in [0.15, 0.2) is 0 Å². The van der Waals surface area contributed by atoms with Crippen molar-refractivity contribution >= 4 is 23.2 Å². The Morgan fingerprint density at radius 1 is 1.20 bits per heavy atom. The smallest absolute Gasteiger partial charge is 0.136 e. The molecule has 0 fully saturated rings. The zero-order valence-corrected chi connectivity index (χ0v) is 9.70. The van der Waals surface area contributed by atoms with E-state index in [1.165, 1.54) is 0 Å². The second kappa shape index (κ2) is 6.05. The van der Waals surface area contributed by atoms with Gasteiger partial charge < -0.3 is 14.6 Å². The summed E-state index contributed by atoms with van der Waals surface area (Å²) in [6.07, 6.45) is -0.893. The minimum absolute atomic E-state index is 0.0595. The van der Waals surface area contributed by atoms with Crippen molar-refractivity contribution in [3.8, 4) is 11.5 Å². The molecular formula is C10H12Cl2O3. The van der Waals surface area contributed by atoms with Gasteiger partial charge in [-0.15, -0.1) is 23.2 Å². The Hall–Kier alpha value is -0.640. The molecule has 3 nitrogen and oxygen atoms in total. The summed E-state index contributed by atoms with van der Waals surface area (Å²) >= 11 is 10.9. The number of aliphatic hydroxyl groups is 1.